The highest BCUT2D eigenvalue weighted by Gasteiger charge is 2.24. The van der Waals surface area contributed by atoms with Gasteiger partial charge in [0, 0.05) is 25.7 Å². The van der Waals surface area contributed by atoms with Crippen LogP contribution in [0.25, 0.3) is 0 Å². The second kappa shape index (κ2) is 8.06. The van der Waals surface area contributed by atoms with Crippen LogP contribution in [0.5, 0.6) is 11.5 Å². The fourth-order valence-corrected chi connectivity index (χ4v) is 3.41. The molecule has 0 bridgehead atoms. The Morgan fingerprint density at radius 1 is 1.32 bits per heavy atom. The molecule has 25 heavy (non-hydrogen) atoms. The molecule has 3 rings (SSSR count). The van der Waals surface area contributed by atoms with Crippen LogP contribution < -0.4 is 20.1 Å². The predicted octanol–water partition coefficient (Wildman–Crippen LogP) is 1.56. The normalized spacial score (nSPS) is 21.8. The van der Waals surface area contributed by atoms with Crippen LogP contribution >= 0.6 is 0 Å². The summed E-state index contributed by atoms with van der Waals surface area (Å²) >= 11 is 0. The molecule has 0 aliphatic carbocycles. The third kappa shape index (κ3) is 4.44. The van der Waals surface area contributed by atoms with E-state index < -0.39 is 0 Å². The van der Waals surface area contributed by atoms with Crippen molar-refractivity contribution in [1.82, 2.24) is 15.5 Å². The molecule has 1 aromatic rings. The summed E-state index contributed by atoms with van der Waals surface area (Å²) in [6.45, 7) is 10.8. The van der Waals surface area contributed by atoms with Gasteiger partial charge in [0.2, 0.25) is 5.91 Å². The Balaban J connectivity index is 1.67. The molecule has 0 spiro atoms. The minimum absolute atomic E-state index is 0.0402. The van der Waals surface area contributed by atoms with Gasteiger partial charge in [0.1, 0.15) is 13.2 Å². The van der Waals surface area contributed by atoms with E-state index in [1.54, 1.807) is 0 Å². The highest BCUT2D eigenvalue weighted by molar-refractivity contribution is 5.78. The number of hydrogen-bond donors (Lipinski definition) is 2. The van der Waals surface area contributed by atoms with Crippen LogP contribution in [-0.4, -0.2) is 56.2 Å². The predicted molar refractivity (Wildman–Crippen MR) is 97.1 cm³/mol. The van der Waals surface area contributed by atoms with E-state index >= 15 is 0 Å². The van der Waals surface area contributed by atoms with Crippen molar-refractivity contribution in [2.45, 2.75) is 32.9 Å². The van der Waals surface area contributed by atoms with Crippen LogP contribution in [0.1, 0.15) is 32.4 Å². The van der Waals surface area contributed by atoms with Crippen LogP contribution in [0.2, 0.25) is 0 Å². The SMILES string of the molecule is CC(C)C(NC(=O)CN1CCNC[C@H]1C)c1ccc2c(c1)OCCO2. The molecule has 0 saturated carbocycles. The Kier molecular flexibility index (Phi) is 5.81. The lowest BCUT2D eigenvalue weighted by atomic mass is 9.95. The number of carbonyl (C=O) groups is 1. The molecule has 1 saturated heterocycles. The van der Waals surface area contributed by atoms with Gasteiger partial charge in [0.25, 0.3) is 0 Å². The number of carbonyl (C=O) groups excluding carboxylic acids is 1. The number of ether oxygens (including phenoxy) is 2. The second-order valence-electron chi connectivity index (χ2n) is 7.22. The molecule has 1 aromatic carbocycles. The fourth-order valence-electron chi connectivity index (χ4n) is 3.41. The quantitative estimate of drug-likeness (QED) is 0.846. The molecule has 2 N–H and O–H groups in total. The topological polar surface area (TPSA) is 62.8 Å². The Labute approximate surface area is 149 Å². The molecule has 0 radical (unpaired) electrons. The summed E-state index contributed by atoms with van der Waals surface area (Å²) in [5.41, 5.74) is 1.06. The molecule has 1 fully saturated rings. The lowest BCUT2D eigenvalue weighted by molar-refractivity contribution is -0.124. The molecular weight excluding hydrogens is 318 g/mol. The van der Waals surface area contributed by atoms with Gasteiger partial charge in [-0.3, -0.25) is 9.69 Å². The highest BCUT2D eigenvalue weighted by Crippen LogP contribution is 2.34. The van der Waals surface area contributed by atoms with Crippen LogP contribution in [0, 0.1) is 5.92 Å². The number of nitrogens with zero attached hydrogens (tertiary/aromatic N) is 1. The van der Waals surface area contributed by atoms with Crippen LogP contribution in [0.15, 0.2) is 18.2 Å². The Bertz CT molecular complexity index is 606. The summed E-state index contributed by atoms with van der Waals surface area (Å²) in [5.74, 6) is 1.90. The van der Waals surface area contributed by atoms with Gasteiger partial charge in [0.15, 0.2) is 11.5 Å². The molecular formula is C19H29N3O3. The van der Waals surface area contributed by atoms with Gasteiger partial charge in [-0.1, -0.05) is 19.9 Å². The Morgan fingerprint density at radius 2 is 2.08 bits per heavy atom. The first-order valence-electron chi connectivity index (χ1n) is 9.18. The molecule has 2 atom stereocenters. The number of benzene rings is 1. The van der Waals surface area contributed by atoms with E-state index in [1.807, 2.05) is 18.2 Å². The number of amides is 1. The number of hydrogen-bond acceptors (Lipinski definition) is 5. The van der Waals surface area contributed by atoms with E-state index in [4.69, 9.17) is 9.47 Å². The van der Waals surface area contributed by atoms with E-state index in [0.29, 0.717) is 25.8 Å². The van der Waals surface area contributed by atoms with Gasteiger partial charge in [-0.25, -0.2) is 0 Å². The standard InChI is InChI=1S/C19H29N3O3/c1-13(2)19(15-4-5-16-17(10-15)25-9-8-24-16)21-18(23)12-22-7-6-20-11-14(22)3/h4-5,10,13-14,19-20H,6-9,11-12H2,1-3H3,(H,21,23)/t14-,19?/m1/s1. The van der Waals surface area contributed by atoms with Crippen molar-refractivity contribution in [3.05, 3.63) is 23.8 Å². The first kappa shape index (κ1) is 18.0. The van der Waals surface area contributed by atoms with Gasteiger partial charge in [-0.2, -0.15) is 0 Å². The maximum absolute atomic E-state index is 12.6. The van der Waals surface area contributed by atoms with Gasteiger partial charge >= 0.3 is 0 Å². The first-order chi connectivity index (χ1) is 12.0. The molecule has 6 heteroatoms. The van der Waals surface area contributed by atoms with E-state index in [-0.39, 0.29) is 17.9 Å². The third-order valence-electron chi connectivity index (χ3n) is 4.89. The Hall–Kier alpha value is -1.79. The van der Waals surface area contributed by atoms with E-state index in [1.165, 1.54) is 0 Å². The molecule has 2 heterocycles. The molecule has 2 aliphatic heterocycles. The van der Waals surface area contributed by atoms with Crippen molar-refractivity contribution in [2.75, 3.05) is 39.4 Å². The van der Waals surface area contributed by atoms with Crippen LogP contribution in [0.3, 0.4) is 0 Å². The van der Waals surface area contributed by atoms with Gasteiger partial charge in [-0.05, 0) is 30.5 Å². The summed E-state index contributed by atoms with van der Waals surface area (Å²) in [7, 11) is 0. The maximum Gasteiger partial charge on any atom is 0.234 e. The zero-order chi connectivity index (χ0) is 17.8. The average molecular weight is 347 g/mol. The smallest absolute Gasteiger partial charge is 0.234 e. The van der Waals surface area contributed by atoms with Crippen molar-refractivity contribution < 1.29 is 14.3 Å². The van der Waals surface area contributed by atoms with Gasteiger partial charge in [0.05, 0.1) is 12.6 Å². The Morgan fingerprint density at radius 3 is 2.80 bits per heavy atom. The molecule has 1 amide bonds. The van der Waals surface area contributed by atoms with E-state index in [9.17, 15) is 4.79 Å². The minimum atomic E-state index is -0.0402. The maximum atomic E-state index is 12.6. The summed E-state index contributed by atoms with van der Waals surface area (Å²) < 4.78 is 11.3. The summed E-state index contributed by atoms with van der Waals surface area (Å²) in [4.78, 5) is 14.8. The number of nitrogens with one attached hydrogen (secondary N) is 2. The van der Waals surface area contributed by atoms with E-state index in [2.05, 4.69) is 36.3 Å². The minimum Gasteiger partial charge on any atom is -0.486 e. The third-order valence-corrected chi connectivity index (χ3v) is 4.89. The second-order valence-corrected chi connectivity index (χ2v) is 7.22. The molecule has 6 nitrogen and oxygen atoms in total. The summed E-state index contributed by atoms with van der Waals surface area (Å²) in [6, 6.07) is 6.29. The fraction of sp³-hybridized carbons (Fsp3) is 0.632. The first-order valence-corrected chi connectivity index (χ1v) is 9.18. The van der Waals surface area contributed by atoms with Crippen molar-refractivity contribution in [2.24, 2.45) is 5.92 Å². The van der Waals surface area contributed by atoms with Crippen LogP contribution in [-0.2, 0) is 4.79 Å². The number of rotatable bonds is 5. The van der Waals surface area contributed by atoms with Crippen molar-refractivity contribution >= 4 is 5.91 Å². The van der Waals surface area contributed by atoms with Crippen LogP contribution in [0.4, 0.5) is 0 Å². The number of piperazine rings is 1. The largest absolute Gasteiger partial charge is 0.486 e. The summed E-state index contributed by atoms with van der Waals surface area (Å²) in [6.07, 6.45) is 0. The molecule has 0 aromatic heterocycles. The zero-order valence-electron chi connectivity index (χ0n) is 15.4. The molecule has 138 valence electrons. The van der Waals surface area contributed by atoms with Crippen molar-refractivity contribution in [3.63, 3.8) is 0 Å². The monoisotopic (exact) mass is 347 g/mol. The van der Waals surface area contributed by atoms with Crippen molar-refractivity contribution in [3.8, 4) is 11.5 Å². The van der Waals surface area contributed by atoms with Gasteiger partial charge in [-0.15, -0.1) is 0 Å². The molecule has 2 aliphatic rings. The number of fused-ring (bicyclic) bond motifs is 1. The lowest BCUT2D eigenvalue weighted by Gasteiger charge is -2.34. The van der Waals surface area contributed by atoms with E-state index in [0.717, 1.165) is 36.7 Å². The zero-order valence-corrected chi connectivity index (χ0v) is 15.4. The van der Waals surface area contributed by atoms with Crippen molar-refractivity contribution in [1.29, 1.82) is 0 Å². The van der Waals surface area contributed by atoms with Gasteiger partial charge < -0.3 is 20.1 Å². The lowest BCUT2D eigenvalue weighted by Crippen LogP contribution is -2.53. The average Bonchev–Trinajstić information content (AvgIpc) is 2.61. The highest BCUT2D eigenvalue weighted by atomic mass is 16.6. The summed E-state index contributed by atoms with van der Waals surface area (Å²) in [5, 5.41) is 6.56. The molecule has 1 unspecified atom stereocenters.